The maximum atomic E-state index is 5.89. The summed E-state index contributed by atoms with van der Waals surface area (Å²) in [6.45, 7) is 2.74. The normalized spacial score (nSPS) is 16.9. The Morgan fingerprint density at radius 3 is 2.96 bits per heavy atom. The molecule has 0 radical (unpaired) electrons. The quantitative estimate of drug-likeness (QED) is 0.597. The highest BCUT2D eigenvalue weighted by atomic mass is 16.5. The molecule has 2 heterocycles. The summed E-state index contributed by atoms with van der Waals surface area (Å²) in [6, 6.07) is 8.27. The standard InChI is InChI=1S/C22H24N2O/c1-2-5-18(6-3-1)19-10-14-24(15-11-19)13-4-16-25-21-8-7-20-9-12-23-22(20)17-21/h1-2,6-12,14,17,23H,3-5,13,15-16H2. The number of ether oxygens (including phenoxy) is 1. The van der Waals surface area contributed by atoms with Gasteiger partial charge in [0.25, 0.3) is 0 Å². The van der Waals surface area contributed by atoms with Crippen LogP contribution in [0.4, 0.5) is 0 Å². The average molecular weight is 332 g/mol. The molecule has 0 fully saturated rings. The third-order valence-electron chi connectivity index (χ3n) is 4.77. The lowest BCUT2D eigenvalue weighted by Gasteiger charge is -2.23. The van der Waals surface area contributed by atoms with E-state index in [1.54, 1.807) is 0 Å². The van der Waals surface area contributed by atoms with Crippen LogP contribution in [0.3, 0.4) is 0 Å². The van der Waals surface area contributed by atoms with Gasteiger partial charge in [-0.3, -0.25) is 0 Å². The monoisotopic (exact) mass is 332 g/mol. The molecule has 0 unspecified atom stereocenters. The maximum Gasteiger partial charge on any atom is 0.121 e. The summed E-state index contributed by atoms with van der Waals surface area (Å²) >= 11 is 0. The van der Waals surface area contributed by atoms with E-state index in [0.717, 1.165) is 50.2 Å². The van der Waals surface area contributed by atoms with Crippen LogP contribution >= 0.6 is 0 Å². The highest BCUT2D eigenvalue weighted by Gasteiger charge is 2.09. The van der Waals surface area contributed by atoms with Crippen molar-refractivity contribution >= 4 is 10.9 Å². The summed E-state index contributed by atoms with van der Waals surface area (Å²) in [5.74, 6) is 0.934. The van der Waals surface area contributed by atoms with Crippen molar-refractivity contribution in [3.8, 4) is 5.75 Å². The van der Waals surface area contributed by atoms with E-state index in [9.17, 15) is 0 Å². The number of rotatable bonds is 6. The first-order valence-corrected chi connectivity index (χ1v) is 9.05. The van der Waals surface area contributed by atoms with E-state index in [1.165, 1.54) is 16.5 Å². The molecule has 128 valence electrons. The molecular weight excluding hydrogens is 308 g/mol. The fourth-order valence-corrected chi connectivity index (χ4v) is 3.34. The number of benzene rings is 1. The molecule has 3 heteroatoms. The van der Waals surface area contributed by atoms with Gasteiger partial charge in [0.1, 0.15) is 5.75 Å². The predicted octanol–water partition coefficient (Wildman–Crippen LogP) is 4.97. The molecule has 1 aromatic carbocycles. The van der Waals surface area contributed by atoms with Crippen LogP contribution in [0.1, 0.15) is 19.3 Å². The SMILES string of the molecule is C1=CCC(C2=CCN(CCCOc3ccc4cc[nH]c4c3)C=C2)=CC1. The molecule has 1 aliphatic carbocycles. The number of allylic oxidation sites excluding steroid dienone is 6. The Balaban J connectivity index is 1.21. The zero-order valence-electron chi connectivity index (χ0n) is 14.4. The van der Waals surface area contributed by atoms with Crippen molar-refractivity contribution in [2.45, 2.75) is 19.3 Å². The molecular formula is C22H24N2O. The Labute approximate surface area is 149 Å². The molecule has 1 aliphatic heterocycles. The molecule has 1 aromatic heterocycles. The molecule has 0 spiro atoms. The number of nitrogens with zero attached hydrogens (tertiary/aromatic N) is 1. The smallest absolute Gasteiger partial charge is 0.121 e. The Kier molecular flexibility index (Phi) is 4.73. The van der Waals surface area contributed by atoms with Crippen LogP contribution in [0.2, 0.25) is 0 Å². The van der Waals surface area contributed by atoms with Gasteiger partial charge in [-0.1, -0.05) is 24.3 Å². The largest absolute Gasteiger partial charge is 0.493 e. The fourth-order valence-electron chi connectivity index (χ4n) is 3.34. The number of hydrogen-bond donors (Lipinski definition) is 1. The van der Waals surface area contributed by atoms with Crippen molar-refractivity contribution in [2.24, 2.45) is 0 Å². The van der Waals surface area contributed by atoms with Gasteiger partial charge in [-0.05, 0) is 66.3 Å². The minimum Gasteiger partial charge on any atom is -0.493 e. The highest BCUT2D eigenvalue weighted by Crippen LogP contribution is 2.23. The minimum atomic E-state index is 0.739. The Bertz CT molecular complexity index is 854. The van der Waals surface area contributed by atoms with Crippen LogP contribution < -0.4 is 4.74 Å². The lowest BCUT2D eigenvalue weighted by atomic mass is 9.96. The minimum absolute atomic E-state index is 0.739. The Hall–Kier alpha value is -2.68. The molecule has 0 saturated heterocycles. The number of hydrogen-bond acceptors (Lipinski definition) is 2. The number of nitrogens with one attached hydrogen (secondary N) is 1. The van der Waals surface area contributed by atoms with Crippen molar-refractivity contribution in [3.63, 3.8) is 0 Å². The van der Waals surface area contributed by atoms with Crippen molar-refractivity contribution in [2.75, 3.05) is 19.7 Å². The number of aromatic amines is 1. The molecule has 3 nitrogen and oxygen atoms in total. The molecule has 4 rings (SSSR count). The lowest BCUT2D eigenvalue weighted by Crippen LogP contribution is -2.22. The van der Waals surface area contributed by atoms with Crippen LogP contribution in [0.5, 0.6) is 5.75 Å². The molecule has 1 N–H and O–H groups in total. The van der Waals surface area contributed by atoms with Gasteiger partial charge in [-0.15, -0.1) is 0 Å². The summed E-state index contributed by atoms with van der Waals surface area (Å²) in [4.78, 5) is 5.57. The summed E-state index contributed by atoms with van der Waals surface area (Å²) in [5, 5.41) is 1.22. The van der Waals surface area contributed by atoms with Gasteiger partial charge in [-0.25, -0.2) is 0 Å². The van der Waals surface area contributed by atoms with E-state index < -0.39 is 0 Å². The van der Waals surface area contributed by atoms with Gasteiger partial charge in [0, 0.05) is 30.9 Å². The van der Waals surface area contributed by atoms with E-state index in [2.05, 4.69) is 64.7 Å². The molecule has 0 saturated carbocycles. The molecule has 2 aliphatic rings. The molecule has 0 atom stereocenters. The maximum absolute atomic E-state index is 5.89. The third kappa shape index (κ3) is 3.87. The number of aromatic nitrogens is 1. The summed E-state index contributed by atoms with van der Waals surface area (Å²) < 4.78 is 5.89. The lowest BCUT2D eigenvalue weighted by molar-refractivity contribution is 0.283. The third-order valence-corrected chi connectivity index (χ3v) is 4.77. The zero-order chi connectivity index (χ0) is 16.9. The summed E-state index contributed by atoms with van der Waals surface area (Å²) in [7, 11) is 0. The highest BCUT2D eigenvalue weighted by molar-refractivity contribution is 5.80. The van der Waals surface area contributed by atoms with E-state index in [4.69, 9.17) is 4.74 Å². The topological polar surface area (TPSA) is 28.3 Å². The van der Waals surface area contributed by atoms with Crippen LogP contribution in [0.25, 0.3) is 10.9 Å². The van der Waals surface area contributed by atoms with Crippen molar-refractivity contribution in [3.05, 3.63) is 78.2 Å². The summed E-state index contributed by atoms with van der Waals surface area (Å²) in [6.07, 6.45) is 18.7. The van der Waals surface area contributed by atoms with Crippen molar-refractivity contribution in [1.82, 2.24) is 9.88 Å². The fraction of sp³-hybridized carbons (Fsp3) is 0.273. The van der Waals surface area contributed by atoms with E-state index >= 15 is 0 Å². The zero-order valence-corrected chi connectivity index (χ0v) is 14.4. The molecule has 2 aromatic rings. The number of H-pyrrole nitrogens is 1. The molecule has 0 bridgehead atoms. The van der Waals surface area contributed by atoms with Crippen molar-refractivity contribution < 1.29 is 4.74 Å². The Morgan fingerprint density at radius 1 is 1.12 bits per heavy atom. The van der Waals surface area contributed by atoms with Gasteiger partial charge in [0.05, 0.1) is 6.61 Å². The van der Waals surface area contributed by atoms with Crippen molar-refractivity contribution in [1.29, 1.82) is 0 Å². The van der Waals surface area contributed by atoms with Gasteiger partial charge >= 0.3 is 0 Å². The van der Waals surface area contributed by atoms with Crippen LogP contribution in [-0.2, 0) is 0 Å². The van der Waals surface area contributed by atoms with E-state index in [1.807, 2.05) is 12.3 Å². The second kappa shape index (κ2) is 7.47. The second-order valence-corrected chi connectivity index (χ2v) is 6.54. The average Bonchev–Trinajstić information content (AvgIpc) is 3.14. The Morgan fingerprint density at radius 2 is 2.12 bits per heavy atom. The second-order valence-electron chi connectivity index (χ2n) is 6.54. The van der Waals surface area contributed by atoms with Gasteiger partial charge in [-0.2, -0.15) is 0 Å². The van der Waals surface area contributed by atoms with Gasteiger partial charge in [0.2, 0.25) is 0 Å². The molecule has 0 amide bonds. The van der Waals surface area contributed by atoms with E-state index in [0.29, 0.717) is 0 Å². The van der Waals surface area contributed by atoms with E-state index in [-0.39, 0.29) is 0 Å². The first-order chi connectivity index (χ1) is 12.4. The van der Waals surface area contributed by atoms with Crippen LogP contribution in [0.15, 0.2) is 78.2 Å². The number of fused-ring (bicyclic) bond motifs is 1. The van der Waals surface area contributed by atoms with Crippen LogP contribution in [0, 0.1) is 0 Å². The van der Waals surface area contributed by atoms with Gasteiger partial charge < -0.3 is 14.6 Å². The molecule has 25 heavy (non-hydrogen) atoms. The van der Waals surface area contributed by atoms with Crippen LogP contribution in [-0.4, -0.2) is 29.6 Å². The predicted molar refractivity (Wildman–Crippen MR) is 104 cm³/mol. The van der Waals surface area contributed by atoms with Gasteiger partial charge in [0.15, 0.2) is 0 Å². The first-order valence-electron chi connectivity index (χ1n) is 9.05. The summed E-state index contributed by atoms with van der Waals surface area (Å²) in [5.41, 5.74) is 3.97. The first kappa shape index (κ1) is 15.8.